The molecule has 0 radical (unpaired) electrons. The van der Waals surface area contributed by atoms with E-state index in [0.29, 0.717) is 6.61 Å². The highest BCUT2D eigenvalue weighted by molar-refractivity contribution is 5.37. The molecule has 4 heteroatoms. The Kier molecular flexibility index (Phi) is 8.30. The van der Waals surface area contributed by atoms with Gasteiger partial charge < -0.3 is 10.1 Å². The molecule has 0 unspecified atom stereocenters. The molecule has 0 saturated heterocycles. The van der Waals surface area contributed by atoms with Crippen molar-refractivity contribution in [2.75, 3.05) is 25.6 Å². The highest BCUT2D eigenvalue weighted by Gasteiger charge is 1.97. The van der Waals surface area contributed by atoms with Crippen LogP contribution in [-0.4, -0.2) is 30.0 Å². The number of hydrogen-bond donors (Lipinski definition) is 1. The van der Waals surface area contributed by atoms with Crippen molar-refractivity contribution in [3.05, 3.63) is 12.4 Å². The van der Waals surface area contributed by atoms with Crippen LogP contribution in [0, 0.1) is 0 Å². The smallest absolute Gasteiger partial charge is 0.0726 e. The minimum absolute atomic E-state index is 0.707. The van der Waals surface area contributed by atoms with E-state index in [1.807, 2.05) is 17.1 Å². The van der Waals surface area contributed by atoms with Crippen LogP contribution >= 0.6 is 0 Å². The van der Waals surface area contributed by atoms with E-state index in [4.69, 9.17) is 4.74 Å². The van der Waals surface area contributed by atoms with Crippen molar-refractivity contribution in [1.29, 1.82) is 0 Å². The summed E-state index contributed by atoms with van der Waals surface area (Å²) in [6.07, 6.45) is 11.9. The molecule has 0 atom stereocenters. The van der Waals surface area contributed by atoms with Gasteiger partial charge in [-0.15, -0.1) is 0 Å². The molecule has 4 nitrogen and oxygen atoms in total. The summed E-state index contributed by atoms with van der Waals surface area (Å²) in [6, 6.07) is 0. The lowest BCUT2D eigenvalue weighted by atomic mass is 10.1. The van der Waals surface area contributed by atoms with E-state index in [1.54, 1.807) is 7.11 Å². The fraction of sp³-hybridized carbons (Fsp3) is 0.786. The fourth-order valence-electron chi connectivity index (χ4n) is 1.90. The first kappa shape index (κ1) is 15.0. The van der Waals surface area contributed by atoms with E-state index in [0.717, 1.165) is 18.8 Å². The summed E-state index contributed by atoms with van der Waals surface area (Å²) in [5, 5.41) is 7.68. The number of aromatic nitrogens is 2. The highest BCUT2D eigenvalue weighted by atomic mass is 16.5. The van der Waals surface area contributed by atoms with Gasteiger partial charge in [-0.2, -0.15) is 5.10 Å². The van der Waals surface area contributed by atoms with E-state index >= 15 is 0 Å². The normalized spacial score (nSPS) is 10.8. The zero-order valence-electron chi connectivity index (χ0n) is 11.8. The first-order valence-electron chi connectivity index (χ1n) is 7.12. The molecule has 0 amide bonds. The van der Waals surface area contributed by atoms with Gasteiger partial charge in [0.25, 0.3) is 0 Å². The van der Waals surface area contributed by atoms with Crippen LogP contribution in [0.2, 0.25) is 0 Å². The number of nitrogens with one attached hydrogen (secondary N) is 1. The van der Waals surface area contributed by atoms with Gasteiger partial charge in [0.1, 0.15) is 0 Å². The summed E-state index contributed by atoms with van der Waals surface area (Å²) in [7, 11) is 1.71. The topological polar surface area (TPSA) is 39.1 Å². The van der Waals surface area contributed by atoms with Crippen molar-refractivity contribution in [3.8, 4) is 0 Å². The first-order valence-corrected chi connectivity index (χ1v) is 7.12. The Balaban J connectivity index is 2.03. The Morgan fingerprint density at radius 3 is 2.78 bits per heavy atom. The zero-order valence-corrected chi connectivity index (χ0v) is 11.8. The quantitative estimate of drug-likeness (QED) is 0.615. The van der Waals surface area contributed by atoms with Gasteiger partial charge >= 0.3 is 0 Å². The second-order valence-corrected chi connectivity index (χ2v) is 4.68. The van der Waals surface area contributed by atoms with Crippen LogP contribution in [0.25, 0.3) is 0 Å². The van der Waals surface area contributed by atoms with Gasteiger partial charge in [0, 0.05) is 19.9 Å². The number of hydrogen-bond acceptors (Lipinski definition) is 3. The monoisotopic (exact) mass is 253 g/mol. The number of rotatable bonds is 11. The Labute approximate surface area is 111 Å². The molecule has 0 aromatic carbocycles. The molecule has 0 aliphatic heterocycles. The van der Waals surface area contributed by atoms with Crippen molar-refractivity contribution in [1.82, 2.24) is 9.78 Å². The molecule has 1 aromatic heterocycles. The summed E-state index contributed by atoms with van der Waals surface area (Å²) in [5.41, 5.74) is 1.11. The van der Waals surface area contributed by atoms with Crippen LogP contribution in [0.4, 0.5) is 5.69 Å². The Morgan fingerprint density at radius 2 is 2.00 bits per heavy atom. The lowest BCUT2D eigenvalue weighted by molar-refractivity contribution is 0.183. The molecule has 0 bridgehead atoms. The van der Waals surface area contributed by atoms with Crippen LogP contribution in [0.15, 0.2) is 12.4 Å². The summed E-state index contributed by atoms with van der Waals surface area (Å²) in [5.74, 6) is 0. The van der Waals surface area contributed by atoms with Gasteiger partial charge in [0.15, 0.2) is 0 Å². The second kappa shape index (κ2) is 9.95. The van der Waals surface area contributed by atoms with Crippen molar-refractivity contribution < 1.29 is 4.74 Å². The maximum absolute atomic E-state index is 5.02. The van der Waals surface area contributed by atoms with Gasteiger partial charge in [-0.05, 0) is 6.42 Å². The third-order valence-electron chi connectivity index (χ3n) is 3.02. The molecular formula is C14H27N3O. The molecule has 104 valence electrons. The summed E-state index contributed by atoms with van der Waals surface area (Å²) < 4.78 is 6.93. The van der Waals surface area contributed by atoms with Crippen LogP contribution in [-0.2, 0) is 11.3 Å². The lowest BCUT2D eigenvalue weighted by Gasteiger charge is -2.03. The van der Waals surface area contributed by atoms with Crippen molar-refractivity contribution in [2.45, 2.75) is 52.0 Å². The van der Waals surface area contributed by atoms with Gasteiger partial charge in [0.2, 0.25) is 0 Å². The molecule has 0 spiro atoms. The van der Waals surface area contributed by atoms with Crippen LogP contribution in [0.5, 0.6) is 0 Å². The zero-order chi connectivity index (χ0) is 13.1. The number of methoxy groups -OCH3 is 1. The van der Waals surface area contributed by atoms with Gasteiger partial charge in [0.05, 0.1) is 25.0 Å². The molecule has 0 saturated carbocycles. The van der Waals surface area contributed by atoms with Gasteiger partial charge in [-0.1, -0.05) is 39.0 Å². The number of nitrogens with zero attached hydrogens (tertiary/aromatic N) is 2. The van der Waals surface area contributed by atoms with Gasteiger partial charge in [-0.3, -0.25) is 4.68 Å². The van der Waals surface area contributed by atoms with Crippen LogP contribution < -0.4 is 5.32 Å². The van der Waals surface area contributed by atoms with Crippen LogP contribution in [0.3, 0.4) is 0 Å². The Morgan fingerprint density at radius 1 is 1.22 bits per heavy atom. The molecule has 1 rings (SSSR count). The second-order valence-electron chi connectivity index (χ2n) is 4.68. The molecule has 1 heterocycles. The van der Waals surface area contributed by atoms with E-state index in [2.05, 4.69) is 17.3 Å². The number of unbranched alkanes of at least 4 members (excludes halogenated alkanes) is 5. The third kappa shape index (κ3) is 6.64. The molecule has 18 heavy (non-hydrogen) atoms. The van der Waals surface area contributed by atoms with Crippen molar-refractivity contribution in [2.24, 2.45) is 0 Å². The Hall–Kier alpha value is -1.03. The predicted molar refractivity (Wildman–Crippen MR) is 76.0 cm³/mol. The highest BCUT2D eigenvalue weighted by Crippen LogP contribution is 2.07. The maximum Gasteiger partial charge on any atom is 0.0726 e. The lowest BCUT2D eigenvalue weighted by Crippen LogP contribution is -2.04. The average molecular weight is 253 g/mol. The molecule has 1 aromatic rings. The largest absolute Gasteiger partial charge is 0.383 e. The van der Waals surface area contributed by atoms with E-state index in [-0.39, 0.29) is 0 Å². The van der Waals surface area contributed by atoms with Crippen molar-refractivity contribution >= 4 is 5.69 Å². The Bertz CT molecular complexity index is 299. The predicted octanol–water partition coefficient (Wildman–Crippen LogP) is 3.30. The van der Waals surface area contributed by atoms with Crippen molar-refractivity contribution in [3.63, 3.8) is 0 Å². The molecule has 1 N–H and O–H groups in total. The number of anilines is 1. The molecule has 0 aliphatic carbocycles. The number of ether oxygens (including phenoxy) is 1. The summed E-state index contributed by atoms with van der Waals surface area (Å²) in [6.45, 7) is 4.82. The minimum atomic E-state index is 0.707. The minimum Gasteiger partial charge on any atom is -0.383 e. The SMILES string of the molecule is CCCCCCCCNc1cnn(CCOC)c1. The summed E-state index contributed by atoms with van der Waals surface area (Å²) in [4.78, 5) is 0. The van der Waals surface area contributed by atoms with E-state index in [9.17, 15) is 0 Å². The van der Waals surface area contributed by atoms with E-state index in [1.165, 1.54) is 38.5 Å². The average Bonchev–Trinajstić information content (AvgIpc) is 2.83. The molecule has 0 fully saturated rings. The fourth-order valence-corrected chi connectivity index (χ4v) is 1.90. The van der Waals surface area contributed by atoms with E-state index < -0.39 is 0 Å². The van der Waals surface area contributed by atoms with Crippen LogP contribution in [0.1, 0.15) is 45.4 Å². The third-order valence-corrected chi connectivity index (χ3v) is 3.02. The standard InChI is InChI=1S/C14H27N3O/c1-3-4-5-6-7-8-9-15-14-12-16-17(13-14)10-11-18-2/h12-13,15H,3-11H2,1-2H3. The maximum atomic E-state index is 5.02. The molecule has 0 aliphatic rings. The van der Waals surface area contributed by atoms with Gasteiger partial charge in [-0.25, -0.2) is 0 Å². The first-order chi connectivity index (χ1) is 8.86. The summed E-state index contributed by atoms with van der Waals surface area (Å²) >= 11 is 0. The molecular weight excluding hydrogens is 226 g/mol.